The Labute approximate surface area is 217 Å². The molecule has 3 saturated heterocycles. The van der Waals surface area contributed by atoms with Crippen molar-refractivity contribution in [2.75, 3.05) is 13.7 Å². The number of hydrogen-bond acceptors (Lipinski definition) is 9. The highest BCUT2D eigenvalue weighted by Gasteiger charge is 2.80. The van der Waals surface area contributed by atoms with Crippen LogP contribution in [0.3, 0.4) is 0 Å². The van der Waals surface area contributed by atoms with Gasteiger partial charge in [-0.25, -0.2) is 0 Å². The Morgan fingerprint density at radius 1 is 1.16 bits per heavy atom. The van der Waals surface area contributed by atoms with Gasteiger partial charge < -0.3 is 39.0 Å². The summed E-state index contributed by atoms with van der Waals surface area (Å²) < 4.78 is 29.6. The van der Waals surface area contributed by atoms with Crippen LogP contribution in [0.5, 0.6) is 0 Å². The van der Waals surface area contributed by atoms with E-state index in [0.29, 0.717) is 11.5 Å². The van der Waals surface area contributed by atoms with E-state index in [1.165, 1.54) is 25.2 Å². The summed E-state index contributed by atoms with van der Waals surface area (Å²) in [4.78, 5) is 11.9. The van der Waals surface area contributed by atoms with Gasteiger partial charge in [0, 0.05) is 25.4 Å². The maximum absolute atomic E-state index is 12.3. The molecule has 9 heteroatoms. The second kappa shape index (κ2) is 8.10. The lowest BCUT2D eigenvalue weighted by atomic mass is 9.52. The molecule has 6 rings (SSSR count). The lowest BCUT2D eigenvalue weighted by Gasteiger charge is -2.57. The topological polar surface area (TPSA) is 124 Å². The summed E-state index contributed by atoms with van der Waals surface area (Å²) in [6.07, 6.45) is 0.489. The molecule has 37 heavy (non-hydrogen) atoms. The summed E-state index contributed by atoms with van der Waals surface area (Å²) in [7, 11) is 1.45. The highest BCUT2D eigenvalue weighted by atomic mass is 16.8. The zero-order valence-corrected chi connectivity index (χ0v) is 22.5. The van der Waals surface area contributed by atoms with Gasteiger partial charge in [-0.15, -0.1) is 0 Å². The van der Waals surface area contributed by atoms with Gasteiger partial charge in [0.25, 0.3) is 0 Å². The number of carbonyl (C=O) groups excluding carboxylic acids is 1. The standard InChI is InChI=1S/C28H40O9/c1-13(2)15-7-8-25(4)9-10-26(5)21(19(15)25)17(30)11-16-20-22(26)36-24-27(20,31)28(32,37-23(16)33-6)18(12-34-24)35-14(3)29/h11,13,17-18,20-24,30-32H,7-10,12H2,1-6H3/t17-,18-,20-,21-,22+,23-,24+,25-,26-,27+,28+/m1/s1. The first-order chi connectivity index (χ1) is 17.3. The van der Waals surface area contributed by atoms with Crippen LogP contribution in [-0.4, -0.2) is 77.3 Å². The molecule has 9 nitrogen and oxygen atoms in total. The number of carbonyl (C=O) groups is 1. The third kappa shape index (κ3) is 3.13. The van der Waals surface area contributed by atoms with Gasteiger partial charge in [0.05, 0.1) is 24.7 Å². The molecule has 0 aromatic heterocycles. The summed E-state index contributed by atoms with van der Waals surface area (Å²) in [5, 5.41) is 36.2. The van der Waals surface area contributed by atoms with Gasteiger partial charge in [0.2, 0.25) is 5.79 Å². The Hall–Kier alpha value is -1.33. The maximum atomic E-state index is 12.3. The molecule has 3 aliphatic heterocycles. The van der Waals surface area contributed by atoms with E-state index < -0.39 is 59.6 Å². The quantitative estimate of drug-likeness (QED) is 0.379. The van der Waals surface area contributed by atoms with Crippen molar-refractivity contribution in [2.45, 2.75) is 103 Å². The molecule has 0 radical (unpaired) electrons. The number of aliphatic hydroxyl groups is 3. The number of hydrogen-bond donors (Lipinski definition) is 3. The Kier molecular flexibility index (Phi) is 5.67. The summed E-state index contributed by atoms with van der Waals surface area (Å²) >= 11 is 0. The molecule has 0 bridgehead atoms. The molecule has 3 N–H and O–H groups in total. The minimum atomic E-state index is -2.33. The van der Waals surface area contributed by atoms with Crippen LogP contribution in [0.15, 0.2) is 22.8 Å². The molecule has 0 amide bonds. The molecular weight excluding hydrogens is 480 g/mol. The normalized spacial score (nSPS) is 52.3. The average Bonchev–Trinajstić information content (AvgIpc) is 3.30. The monoisotopic (exact) mass is 520 g/mol. The molecule has 3 heterocycles. The first-order valence-electron chi connectivity index (χ1n) is 13.5. The number of esters is 1. The zero-order valence-electron chi connectivity index (χ0n) is 22.5. The van der Waals surface area contributed by atoms with E-state index in [1.807, 2.05) is 0 Å². The summed E-state index contributed by atoms with van der Waals surface area (Å²) in [5.41, 5.74) is 0.566. The Bertz CT molecular complexity index is 1070. The lowest BCUT2D eigenvalue weighted by molar-refractivity contribution is -0.440. The van der Waals surface area contributed by atoms with E-state index >= 15 is 0 Å². The molecule has 6 aliphatic rings. The fourth-order valence-electron chi connectivity index (χ4n) is 8.70. The highest BCUT2D eigenvalue weighted by Crippen LogP contribution is 2.68. The fourth-order valence-corrected chi connectivity index (χ4v) is 8.70. The van der Waals surface area contributed by atoms with Crippen molar-refractivity contribution in [1.29, 1.82) is 0 Å². The molecular formula is C28H40O9. The van der Waals surface area contributed by atoms with Gasteiger partial charge >= 0.3 is 5.97 Å². The van der Waals surface area contributed by atoms with E-state index in [9.17, 15) is 20.1 Å². The SMILES string of the molecule is CO[C@@H]1O[C@@]2(O)[C@H](OC(C)=O)CO[C@H]3O[C@H]4[C@@H](C1=C[C@@H](O)[C@@H]1C5=C(C(C)C)CC[C@]5(C)CC[C@@]41C)[C@]32O. The van der Waals surface area contributed by atoms with Crippen molar-refractivity contribution < 1.29 is 43.8 Å². The minimum Gasteiger partial charge on any atom is -0.454 e. The molecule has 3 aliphatic carbocycles. The van der Waals surface area contributed by atoms with Gasteiger partial charge in [-0.3, -0.25) is 4.79 Å². The molecule has 4 fully saturated rings. The van der Waals surface area contributed by atoms with E-state index in [4.69, 9.17) is 23.7 Å². The molecule has 0 aromatic rings. The molecule has 0 spiro atoms. The van der Waals surface area contributed by atoms with Gasteiger partial charge in [0.15, 0.2) is 24.3 Å². The second-order valence-corrected chi connectivity index (χ2v) is 12.8. The van der Waals surface area contributed by atoms with Crippen molar-refractivity contribution in [1.82, 2.24) is 0 Å². The summed E-state index contributed by atoms with van der Waals surface area (Å²) in [5.74, 6) is -3.67. The number of methoxy groups -OCH3 is 1. The molecule has 1 saturated carbocycles. The lowest BCUT2D eigenvalue weighted by Crippen LogP contribution is -2.77. The summed E-state index contributed by atoms with van der Waals surface area (Å²) in [6, 6.07) is 0. The third-order valence-corrected chi connectivity index (χ3v) is 10.5. The van der Waals surface area contributed by atoms with Crippen molar-refractivity contribution in [3.8, 4) is 0 Å². The zero-order chi connectivity index (χ0) is 26.7. The summed E-state index contributed by atoms with van der Waals surface area (Å²) in [6.45, 7) is 9.88. The van der Waals surface area contributed by atoms with Crippen molar-refractivity contribution in [3.63, 3.8) is 0 Å². The van der Waals surface area contributed by atoms with E-state index in [-0.39, 0.29) is 17.9 Å². The van der Waals surface area contributed by atoms with Crippen LogP contribution >= 0.6 is 0 Å². The molecule has 11 atom stereocenters. The molecule has 0 unspecified atom stereocenters. The Morgan fingerprint density at radius 3 is 2.54 bits per heavy atom. The second-order valence-electron chi connectivity index (χ2n) is 12.8. The van der Waals surface area contributed by atoms with Gasteiger partial charge in [0.1, 0.15) is 0 Å². The van der Waals surface area contributed by atoms with E-state index in [2.05, 4.69) is 27.7 Å². The number of ether oxygens (including phenoxy) is 5. The average molecular weight is 521 g/mol. The third-order valence-electron chi connectivity index (χ3n) is 10.5. The van der Waals surface area contributed by atoms with Crippen LogP contribution in [0.1, 0.15) is 60.3 Å². The van der Waals surface area contributed by atoms with Crippen LogP contribution in [0.2, 0.25) is 0 Å². The largest absolute Gasteiger partial charge is 0.454 e. The number of aliphatic hydroxyl groups excluding tert-OH is 1. The highest BCUT2D eigenvalue weighted by molar-refractivity contribution is 5.66. The predicted molar refractivity (Wildman–Crippen MR) is 130 cm³/mol. The van der Waals surface area contributed by atoms with Crippen molar-refractivity contribution in [3.05, 3.63) is 22.8 Å². The van der Waals surface area contributed by atoms with Crippen LogP contribution in [0.4, 0.5) is 0 Å². The van der Waals surface area contributed by atoms with Gasteiger partial charge in [-0.2, -0.15) is 0 Å². The molecule has 0 aromatic carbocycles. The number of fused-ring (bicyclic) bond motifs is 4. The van der Waals surface area contributed by atoms with Crippen LogP contribution in [-0.2, 0) is 28.5 Å². The van der Waals surface area contributed by atoms with Crippen molar-refractivity contribution >= 4 is 5.97 Å². The Morgan fingerprint density at radius 2 is 1.89 bits per heavy atom. The first kappa shape index (κ1) is 25.9. The van der Waals surface area contributed by atoms with E-state index in [1.54, 1.807) is 6.08 Å². The minimum absolute atomic E-state index is 0.00410. The van der Waals surface area contributed by atoms with Crippen LogP contribution in [0.25, 0.3) is 0 Å². The van der Waals surface area contributed by atoms with Crippen molar-refractivity contribution in [2.24, 2.45) is 28.6 Å². The first-order valence-corrected chi connectivity index (χ1v) is 13.5. The number of allylic oxidation sites excluding steroid dienone is 1. The van der Waals surface area contributed by atoms with Crippen LogP contribution < -0.4 is 0 Å². The smallest absolute Gasteiger partial charge is 0.303 e. The molecule has 206 valence electrons. The van der Waals surface area contributed by atoms with Crippen LogP contribution in [0, 0.1) is 28.6 Å². The van der Waals surface area contributed by atoms with Gasteiger partial charge in [-0.1, -0.05) is 44.9 Å². The maximum Gasteiger partial charge on any atom is 0.303 e. The predicted octanol–water partition coefficient (Wildman–Crippen LogP) is 2.18. The van der Waals surface area contributed by atoms with Gasteiger partial charge in [-0.05, 0) is 42.6 Å². The Balaban J connectivity index is 1.55. The fraction of sp³-hybridized carbons (Fsp3) is 0.821. The number of rotatable bonds is 3. The van der Waals surface area contributed by atoms with E-state index in [0.717, 1.165) is 25.7 Å².